The number of nitrogens with two attached hydrogens (primary N) is 1. The average molecular weight is 327 g/mol. The number of nitrogen functional groups attached to an aromatic ring is 1. The van der Waals surface area contributed by atoms with Crippen molar-refractivity contribution in [3.05, 3.63) is 63.4 Å². The van der Waals surface area contributed by atoms with Gasteiger partial charge in [-0.15, -0.1) is 0 Å². The third kappa shape index (κ3) is 4.09. The first-order valence-corrected chi connectivity index (χ1v) is 7.00. The molecule has 0 aliphatic rings. The topological polar surface area (TPSA) is 55.1 Å². The van der Waals surface area contributed by atoms with E-state index in [2.05, 4.69) is 5.32 Å². The number of hydrogen-bond donors (Lipinski definition) is 2. The highest BCUT2D eigenvalue weighted by Gasteiger charge is 2.11. The van der Waals surface area contributed by atoms with Gasteiger partial charge in [-0.2, -0.15) is 0 Å². The van der Waals surface area contributed by atoms with E-state index in [0.29, 0.717) is 28.7 Å². The minimum atomic E-state index is -0.605. The molecule has 0 bridgehead atoms. The molecule has 0 aliphatic heterocycles. The van der Waals surface area contributed by atoms with E-state index in [1.807, 2.05) is 0 Å². The second-order valence-electron chi connectivity index (χ2n) is 4.48. The van der Waals surface area contributed by atoms with Crippen molar-refractivity contribution in [2.24, 2.45) is 0 Å². The summed E-state index contributed by atoms with van der Waals surface area (Å²) in [6, 6.07) is 9.03. The monoisotopic (exact) mass is 326 g/mol. The minimum absolute atomic E-state index is 0.0720. The van der Waals surface area contributed by atoms with Crippen molar-refractivity contribution < 1.29 is 9.18 Å². The molecule has 0 radical (unpaired) electrons. The molecule has 0 spiro atoms. The van der Waals surface area contributed by atoms with Crippen LogP contribution in [0, 0.1) is 5.82 Å². The van der Waals surface area contributed by atoms with Crippen LogP contribution in [0.3, 0.4) is 0 Å². The van der Waals surface area contributed by atoms with Crippen molar-refractivity contribution in [2.75, 3.05) is 12.3 Å². The molecule has 0 saturated heterocycles. The fourth-order valence-corrected chi connectivity index (χ4v) is 2.35. The standard InChI is InChI=1S/C15H13Cl2FN2O/c16-10-2-1-9(13(17)7-10)5-6-20-15(21)12-8-11(19)3-4-14(12)18/h1-4,7-8H,5-6,19H2,(H,20,21). The van der Waals surface area contributed by atoms with Crippen LogP contribution < -0.4 is 11.1 Å². The van der Waals surface area contributed by atoms with Crippen LogP contribution in [0.15, 0.2) is 36.4 Å². The van der Waals surface area contributed by atoms with Crippen LogP contribution in [0.5, 0.6) is 0 Å². The van der Waals surface area contributed by atoms with Gasteiger partial charge in [-0.1, -0.05) is 29.3 Å². The number of carbonyl (C=O) groups is 1. The minimum Gasteiger partial charge on any atom is -0.399 e. The highest BCUT2D eigenvalue weighted by atomic mass is 35.5. The number of rotatable bonds is 4. The van der Waals surface area contributed by atoms with Crippen molar-refractivity contribution in [3.8, 4) is 0 Å². The zero-order valence-corrected chi connectivity index (χ0v) is 12.5. The summed E-state index contributed by atoms with van der Waals surface area (Å²) in [5.41, 5.74) is 6.66. The maximum absolute atomic E-state index is 13.5. The molecule has 2 rings (SSSR count). The van der Waals surface area contributed by atoms with Gasteiger partial charge in [0.1, 0.15) is 5.82 Å². The Bertz CT molecular complexity index is 677. The van der Waals surface area contributed by atoms with Crippen LogP contribution in [0.1, 0.15) is 15.9 Å². The van der Waals surface area contributed by atoms with E-state index in [1.54, 1.807) is 18.2 Å². The summed E-state index contributed by atoms with van der Waals surface area (Å²) < 4.78 is 13.5. The molecule has 0 aliphatic carbocycles. The van der Waals surface area contributed by atoms with Gasteiger partial charge in [0.05, 0.1) is 5.56 Å². The predicted octanol–water partition coefficient (Wildman–Crippen LogP) is 3.69. The van der Waals surface area contributed by atoms with E-state index < -0.39 is 11.7 Å². The first-order valence-electron chi connectivity index (χ1n) is 6.24. The molecule has 3 N–H and O–H groups in total. The van der Waals surface area contributed by atoms with Crippen molar-refractivity contribution in [1.29, 1.82) is 0 Å². The largest absolute Gasteiger partial charge is 0.399 e. The number of amides is 1. The Balaban J connectivity index is 1.97. The highest BCUT2D eigenvalue weighted by molar-refractivity contribution is 6.35. The van der Waals surface area contributed by atoms with Gasteiger partial charge in [-0.3, -0.25) is 4.79 Å². The lowest BCUT2D eigenvalue weighted by molar-refractivity contribution is 0.0950. The van der Waals surface area contributed by atoms with E-state index in [1.165, 1.54) is 18.2 Å². The summed E-state index contributed by atoms with van der Waals surface area (Å²) in [6.07, 6.45) is 0.520. The number of nitrogens with one attached hydrogen (secondary N) is 1. The first-order chi connectivity index (χ1) is 9.97. The number of benzene rings is 2. The number of anilines is 1. The van der Waals surface area contributed by atoms with Gasteiger partial charge >= 0.3 is 0 Å². The fraction of sp³-hybridized carbons (Fsp3) is 0.133. The average Bonchev–Trinajstić information content (AvgIpc) is 2.43. The van der Waals surface area contributed by atoms with E-state index in [-0.39, 0.29) is 5.56 Å². The summed E-state index contributed by atoms with van der Waals surface area (Å²) in [5.74, 6) is -1.11. The number of hydrogen-bond acceptors (Lipinski definition) is 2. The normalized spacial score (nSPS) is 10.4. The summed E-state index contributed by atoms with van der Waals surface area (Å²) in [7, 11) is 0. The molecule has 0 fully saturated rings. The lowest BCUT2D eigenvalue weighted by Crippen LogP contribution is -2.26. The molecule has 110 valence electrons. The van der Waals surface area contributed by atoms with Crippen molar-refractivity contribution in [2.45, 2.75) is 6.42 Å². The summed E-state index contributed by atoms with van der Waals surface area (Å²) in [6.45, 7) is 0.328. The molecule has 0 saturated carbocycles. The van der Waals surface area contributed by atoms with Gasteiger partial charge < -0.3 is 11.1 Å². The molecule has 1 amide bonds. The van der Waals surface area contributed by atoms with Crippen LogP contribution in [0.2, 0.25) is 10.0 Å². The lowest BCUT2D eigenvalue weighted by atomic mass is 10.1. The molecular formula is C15H13Cl2FN2O. The molecular weight excluding hydrogens is 314 g/mol. The van der Waals surface area contributed by atoms with Crippen molar-refractivity contribution in [1.82, 2.24) is 5.32 Å². The molecule has 0 atom stereocenters. The zero-order valence-electron chi connectivity index (χ0n) is 11.0. The third-order valence-corrected chi connectivity index (χ3v) is 3.52. The molecule has 6 heteroatoms. The number of carbonyl (C=O) groups excluding carboxylic acids is 1. The smallest absolute Gasteiger partial charge is 0.254 e. The summed E-state index contributed by atoms with van der Waals surface area (Å²) in [4.78, 5) is 11.9. The van der Waals surface area contributed by atoms with Crippen LogP contribution in [0.25, 0.3) is 0 Å². The molecule has 3 nitrogen and oxygen atoms in total. The maximum atomic E-state index is 13.5. The van der Waals surface area contributed by atoms with E-state index in [9.17, 15) is 9.18 Å². The second-order valence-corrected chi connectivity index (χ2v) is 5.32. The SMILES string of the molecule is Nc1ccc(F)c(C(=O)NCCc2ccc(Cl)cc2Cl)c1. The molecule has 0 heterocycles. The number of halogens is 3. The molecule has 0 aromatic heterocycles. The van der Waals surface area contributed by atoms with E-state index >= 15 is 0 Å². The van der Waals surface area contributed by atoms with Gasteiger partial charge in [0.15, 0.2) is 0 Å². The highest BCUT2D eigenvalue weighted by Crippen LogP contribution is 2.21. The predicted molar refractivity (Wildman–Crippen MR) is 83.3 cm³/mol. The molecule has 2 aromatic rings. The van der Waals surface area contributed by atoms with Crippen molar-refractivity contribution >= 4 is 34.8 Å². The zero-order chi connectivity index (χ0) is 15.4. The summed E-state index contributed by atoms with van der Waals surface area (Å²) in [5, 5.41) is 3.72. The Kier molecular flexibility index (Phi) is 5.04. The maximum Gasteiger partial charge on any atom is 0.254 e. The van der Waals surface area contributed by atoms with Gasteiger partial charge in [-0.05, 0) is 42.3 Å². The Morgan fingerprint density at radius 1 is 1.19 bits per heavy atom. The Labute approximate surface area is 131 Å². The van der Waals surface area contributed by atoms with Crippen LogP contribution in [-0.4, -0.2) is 12.5 Å². The van der Waals surface area contributed by atoms with Crippen LogP contribution in [-0.2, 0) is 6.42 Å². The van der Waals surface area contributed by atoms with E-state index in [0.717, 1.165) is 5.56 Å². The van der Waals surface area contributed by atoms with Crippen LogP contribution >= 0.6 is 23.2 Å². The molecule has 2 aromatic carbocycles. The van der Waals surface area contributed by atoms with Gasteiger partial charge in [0.25, 0.3) is 5.91 Å². The Morgan fingerprint density at radius 2 is 1.95 bits per heavy atom. The molecule has 0 unspecified atom stereocenters. The van der Waals surface area contributed by atoms with Gasteiger partial charge in [0, 0.05) is 22.3 Å². The van der Waals surface area contributed by atoms with Crippen molar-refractivity contribution in [3.63, 3.8) is 0 Å². The summed E-state index contributed by atoms with van der Waals surface area (Å²) >= 11 is 11.8. The Hall–Kier alpha value is -1.78. The van der Waals surface area contributed by atoms with E-state index in [4.69, 9.17) is 28.9 Å². The van der Waals surface area contributed by atoms with Gasteiger partial charge in [-0.25, -0.2) is 4.39 Å². The van der Waals surface area contributed by atoms with Crippen LogP contribution in [0.4, 0.5) is 10.1 Å². The Morgan fingerprint density at radius 3 is 2.67 bits per heavy atom. The molecule has 21 heavy (non-hydrogen) atoms. The first kappa shape index (κ1) is 15.6. The van der Waals surface area contributed by atoms with Gasteiger partial charge in [0.2, 0.25) is 0 Å². The third-order valence-electron chi connectivity index (χ3n) is 2.93. The second kappa shape index (κ2) is 6.78. The quantitative estimate of drug-likeness (QED) is 0.842. The fourth-order valence-electron chi connectivity index (χ4n) is 1.85. The lowest BCUT2D eigenvalue weighted by Gasteiger charge is -2.08.